The maximum atomic E-state index is 12.9. The molecule has 2 amide bonds. The van der Waals surface area contributed by atoms with E-state index in [1.54, 1.807) is 18.2 Å². The van der Waals surface area contributed by atoms with Gasteiger partial charge in [-0.05, 0) is 43.2 Å². The van der Waals surface area contributed by atoms with Crippen molar-refractivity contribution in [1.29, 1.82) is 0 Å². The minimum Gasteiger partial charge on any atom is -0.493 e. The lowest BCUT2D eigenvalue weighted by molar-refractivity contribution is -0.119. The fraction of sp³-hybridized carbons (Fsp3) is 0.333. The zero-order valence-electron chi connectivity index (χ0n) is 16.8. The third-order valence-electron chi connectivity index (χ3n) is 4.49. The van der Waals surface area contributed by atoms with Gasteiger partial charge in [0.05, 0.1) is 23.9 Å². The summed E-state index contributed by atoms with van der Waals surface area (Å²) in [6, 6.07) is 7.78. The van der Waals surface area contributed by atoms with Crippen LogP contribution in [0.2, 0.25) is 10.0 Å². The summed E-state index contributed by atoms with van der Waals surface area (Å²) in [4.78, 5) is 23.8. The molecular formula is C21H22Cl2N2O6. The first-order chi connectivity index (χ1) is 14.9. The summed E-state index contributed by atoms with van der Waals surface area (Å²) in [6.07, 6.45) is 1.95. The van der Waals surface area contributed by atoms with E-state index in [4.69, 9.17) is 47.9 Å². The number of nitrogens with two attached hydrogens (primary N) is 1. The second kappa shape index (κ2) is 10.6. The summed E-state index contributed by atoms with van der Waals surface area (Å²) in [5.74, 6) is -0.377. The van der Waals surface area contributed by atoms with Crippen molar-refractivity contribution in [3.05, 3.63) is 45.9 Å². The zero-order chi connectivity index (χ0) is 22.4. The van der Waals surface area contributed by atoms with Crippen molar-refractivity contribution in [1.82, 2.24) is 0 Å². The normalized spacial score (nSPS) is 15.4. The van der Waals surface area contributed by atoms with E-state index in [1.807, 2.05) is 0 Å². The van der Waals surface area contributed by atoms with Crippen LogP contribution in [-0.2, 0) is 9.53 Å². The lowest BCUT2D eigenvalue weighted by Crippen LogP contribution is -2.20. The Labute approximate surface area is 189 Å². The molecule has 166 valence electrons. The number of rotatable bonds is 9. The van der Waals surface area contributed by atoms with Gasteiger partial charge in [-0.3, -0.25) is 9.59 Å². The number of nitrogens with one attached hydrogen (secondary N) is 1. The Bertz CT molecular complexity index is 963. The maximum Gasteiger partial charge on any atom is 0.255 e. The fourth-order valence-electron chi connectivity index (χ4n) is 3.01. The molecule has 8 nitrogen and oxygen atoms in total. The van der Waals surface area contributed by atoms with Crippen molar-refractivity contribution in [2.45, 2.75) is 18.9 Å². The molecule has 1 saturated heterocycles. The quantitative estimate of drug-likeness (QED) is 0.580. The molecule has 0 bridgehead atoms. The Morgan fingerprint density at radius 2 is 2.00 bits per heavy atom. The van der Waals surface area contributed by atoms with Gasteiger partial charge in [-0.25, -0.2) is 0 Å². The molecule has 3 N–H and O–H groups in total. The van der Waals surface area contributed by atoms with Crippen LogP contribution in [0.4, 0.5) is 5.69 Å². The second-order valence-electron chi connectivity index (χ2n) is 6.79. The monoisotopic (exact) mass is 468 g/mol. The third-order valence-corrected chi connectivity index (χ3v) is 5.00. The van der Waals surface area contributed by atoms with E-state index in [2.05, 4.69) is 5.32 Å². The number of benzene rings is 2. The van der Waals surface area contributed by atoms with Crippen LogP contribution in [-0.4, -0.2) is 44.8 Å². The predicted molar refractivity (Wildman–Crippen MR) is 117 cm³/mol. The Balaban J connectivity index is 1.78. The Morgan fingerprint density at radius 1 is 1.19 bits per heavy atom. The Kier molecular flexibility index (Phi) is 7.84. The lowest BCUT2D eigenvalue weighted by Gasteiger charge is -2.16. The molecular weight excluding hydrogens is 447 g/mol. The zero-order valence-corrected chi connectivity index (χ0v) is 18.3. The van der Waals surface area contributed by atoms with Gasteiger partial charge < -0.3 is 30.0 Å². The summed E-state index contributed by atoms with van der Waals surface area (Å²) in [7, 11) is 1.39. The molecule has 2 aromatic rings. The number of methoxy groups -OCH3 is 1. The molecule has 1 heterocycles. The fourth-order valence-corrected chi connectivity index (χ4v) is 3.45. The minimum absolute atomic E-state index is 0.0234. The summed E-state index contributed by atoms with van der Waals surface area (Å²) in [5.41, 5.74) is 5.70. The van der Waals surface area contributed by atoms with Crippen molar-refractivity contribution in [3.63, 3.8) is 0 Å². The number of amides is 2. The number of hydrogen-bond acceptors (Lipinski definition) is 6. The van der Waals surface area contributed by atoms with Gasteiger partial charge >= 0.3 is 0 Å². The van der Waals surface area contributed by atoms with Crippen molar-refractivity contribution in [3.8, 4) is 17.2 Å². The highest BCUT2D eigenvalue weighted by Crippen LogP contribution is 2.37. The molecule has 31 heavy (non-hydrogen) atoms. The first-order valence-corrected chi connectivity index (χ1v) is 10.3. The molecule has 1 aliphatic rings. The average molecular weight is 469 g/mol. The number of halogens is 2. The standard InChI is InChI=1S/C21H22Cl2N2O6/c1-28-18-8-12(7-15(23)20(18)31-11-19(24)26)21(27)25-16-9-13(22)4-5-17(16)30-10-14-3-2-6-29-14/h4-5,7-9,14H,2-3,6,10-11H2,1H3,(H2,24,26)(H,25,27). The number of hydrogen-bond donors (Lipinski definition) is 2. The third kappa shape index (κ3) is 6.16. The number of carbonyl (C=O) groups excluding carboxylic acids is 2. The first kappa shape index (κ1) is 23.0. The van der Waals surface area contributed by atoms with Crippen LogP contribution < -0.4 is 25.3 Å². The smallest absolute Gasteiger partial charge is 0.255 e. The van der Waals surface area contributed by atoms with Crippen LogP contribution in [0.15, 0.2) is 30.3 Å². The number of anilines is 1. The Morgan fingerprint density at radius 3 is 2.68 bits per heavy atom. The predicted octanol–water partition coefficient (Wildman–Crippen LogP) is 3.68. The van der Waals surface area contributed by atoms with Crippen molar-refractivity contribution in [2.75, 3.05) is 32.2 Å². The van der Waals surface area contributed by atoms with Gasteiger partial charge in [0, 0.05) is 17.2 Å². The topological polar surface area (TPSA) is 109 Å². The minimum atomic E-state index is -0.670. The molecule has 0 radical (unpaired) electrons. The molecule has 1 fully saturated rings. The SMILES string of the molecule is COc1cc(C(=O)Nc2cc(Cl)ccc2OCC2CCCO2)cc(Cl)c1OCC(N)=O. The van der Waals surface area contributed by atoms with E-state index in [-0.39, 0.29) is 34.8 Å². The van der Waals surface area contributed by atoms with Gasteiger partial charge in [-0.1, -0.05) is 23.2 Å². The molecule has 0 spiro atoms. The molecule has 1 unspecified atom stereocenters. The highest BCUT2D eigenvalue weighted by atomic mass is 35.5. The summed E-state index contributed by atoms with van der Waals surface area (Å²) in [6.45, 7) is 0.714. The van der Waals surface area contributed by atoms with Crippen molar-refractivity contribution < 1.29 is 28.5 Å². The average Bonchev–Trinajstić information content (AvgIpc) is 3.25. The Hall–Kier alpha value is -2.68. The van der Waals surface area contributed by atoms with Gasteiger partial charge in [0.15, 0.2) is 18.1 Å². The van der Waals surface area contributed by atoms with E-state index in [0.717, 1.165) is 19.4 Å². The van der Waals surface area contributed by atoms with Crippen molar-refractivity contribution in [2.24, 2.45) is 5.73 Å². The molecule has 10 heteroatoms. The molecule has 3 rings (SSSR count). The summed E-state index contributed by atoms with van der Waals surface area (Å²) >= 11 is 12.3. The molecule has 0 aromatic heterocycles. The largest absolute Gasteiger partial charge is 0.493 e. The maximum absolute atomic E-state index is 12.9. The van der Waals surface area contributed by atoms with Crippen LogP contribution in [0.5, 0.6) is 17.2 Å². The van der Waals surface area contributed by atoms with Gasteiger partial charge in [0.1, 0.15) is 12.4 Å². The van der Waals surface area contributed by atoms with E-state index in [0.29, 0.717) is 23.1 Å². The van der Waals surface area contributed by atoms with E-state index in [9.17, 15) is 9.59 Å². The van der Waals surface area contributed by atoms with Crippen LogP contribution in [0.3, 0.4) is 0 Å². The van der Waals surface area contributed by atoms with Crippen LogP contribution in [0, 0.1) is 0 Å². The van der Waals surface area contributed by atoms with Gasteiger partial charge in [0.2, 0.25) is 0 Å². The van der Waals surface area contributed by atoms with E-state index in [1.165, 1.54) is 19.2 Å². The number of carbonyl (C=O) groups is 2. The molecule has 1 aliphatic heterocycles. The van der Waals surface area contributed by atoms with Crippen LogP contribution in [0.25, 0.3) is 0 Å². The first-order valence-electron chi connectivity index (χ1n) is 9.51. The van der Waals surface area contributed by atoms with E-state index < -0.39 is 11.8 Å². The number of primary amides is 1. The van der Waals surface area contributed by atoms with Gasteiger partial charge in [0.25, 0.3) is 11.8 Å². The summed E-state index contributed by atoms with van der Waals surface area (Å²) < 4.78 is 21.9. The molecule has 1 atom stereocenters. The molecule has 2 aromatic carbocycles. The van der Waals surface area contributed by atoms with Crippen LogP contribution in [0.1, 0.15) is 23.2 Å². The lowest BCUT2D eigenvalue weighted by atomic mass is 10.1. The van der Waals surface area contributed by atoms with Gasteiger partial charge in [-0.2, -0.15) is 0 Å². The van der Waals surface area contributed by atoms with Crippen LogP contribution >= 0.6 is 23.2 Å². The highest BCUT2D eigenvalue weighted by molar-refractivity contribution is 6.33. The molecule has 0 saturated carbocycles. The summed E-state index contributed by atoms with van der Waals surface area (Å²) in [5, 5.41) is 3.30. The molecule has 0 aliphatic carbocycles. The highest BCUT2D eigenvalue weighted by Gasteiger charge is 2.20. The second-order valence-corrected chi connectivity index (χ2v) is 7.63. The van der Waals surface area contributed by atoms with Crippen molar-refractivity contribution >= 4 is 40.7 Å². The van der Waals surface area contributed by atoms with E-state index >= 15 is 0 Å². The number of ether oxygens (including phenoxy) is 4. The van der Waals surface area contributed by atoms with Gasteiger partial charge in [-0.15, -0.1) is 0 Å².